The van der Waals surface area contributed by atoms with Gasteiger partial charge in [-0.2, -0.15) is 0 Å². The molecule has 5 aliphatic rings. The van der Waals surface area contributed by atoms with Gasteiger partial charge in [0, 0.05) is 31.2 Å². The average molecular weight is 699 g/mol. The summed E-state index contributed by atoms with van der Waals surface area (Å²) in [6, 6.07) is 4.82. The summed E-state index contributed by atoms with van der Waals surface area (Å²) in [7, 11) is 0. The molecular formula is C37H46O13. The molecule has 3 fully saturated rings. The third kappa shape index (κ3) is 6.16. The lowest BCUT2D eigenvalue weighted by Gasteiger charge is -2.44. The number of phenols is 2. The van der Waals surface area contributed by atoms with Crippen LogP contribution in [0, 0.1) is 0 Å². The SMILES string of the molecule is CC1=CC(=O)C2c3cc4ccc([C@H]5C[C@@H](O)[C@H](O[C@H]6C[C@@H](O[C@H]7CC[C@H](O)[C@H](C)O7)[C@H](O)[C@@H](C)O6)[C@@H](C)O5)c(O)c4c(O)c3C(=O)C[C@]2(O)C1. The minimum absolute atomic E-state index is 0.0131. The Morgan fingerprint density at radius 3 is 2.28 bits per heavy atom. The summed E-state index contributed by atoms with van der Waals surface area (Å²) in [6.45, 7) is 6.92. The maximum Gasteiger partial charge on any atom is 0.169 e. The molecule has 13 atom stereocenters. The van der Waals surface area contributed by atoms with Crippen LogP contribution in [0.15, 0.2) is 29.8 Å². The van der Waals surface area contributed by atoms with Gasteiger partial charge in [0.15, 0.2) is 24.1 Å². The molecule has 6 N–H and O–H groups in total. The van der Waals surface area contributed by atoms with E-state index in [1.54, 1.807) is 45.9 Å². The van der Waals surface area contributed by atoms with Gasteiger partial charge in [-0.05, 0) is 63.6 Å². The summed E-state index contributed by atoms with van der Waals surface area (Å²) in [5.41, 5.74) is -0.497. The molecule has 2 aromatic rings. The Hall–Kier alpha value is -2.98. The van der Waals surface area contributed by atoms with Crippen molar-refractivity contribution in [1.29, 1.82) is 0 Å². The van der Waals surface area contributed by atoms with E-state index < -0.39 is 90.6 Å². The van der Waals surface area contributed by atoms with Crippen LogP contribution in [0.4, 0.5) is 0 Å². The summed E-state index contributed by atoms with van der Waals surface area (Å²) < 4.78 is 30.3. The normalized spacial score (nSPS) is 40.7. The number of fused-ring (bicyclic) bond motifs is 4. The van der Waals surface area contributed by atoms with Gasteiger partial charge < -0.3 is 54.3 Å². The van der Waals surface area contributed by atoms with Gasteiger partial charge in [0.05, 0.1) is 65.2 Å². The maximum atomic E-state index is 13.3. The number of aliphatic hydroxyl groups is 4. The topological polar surface area (TPSA) is 202 Å². The lowest BCUT2D eigenvalue weighted by molar-refractivity contribution is -0.318. The second-order valence-electron chi connectivity index (χ2n) is 14.8. The molecule has 0 spiro atoms. The lowest BCUT2D eigenvalue weighted by atomic mass is 9.64. The van der Waals surface area contributed by atoms with Crippen LogP contribution in [0.3, 0.4) is 0 Å². The second kappa shape index (κ2) is 13.2. The highest BCUT2D eigenvalue weighted by atomic mass is 16.7. The van der Waals surface area contributed by atoms with Crippen LogP contribution in [0.5, 0.6) is 11.5 Å². The van der Waals surface area contributed by atoms with Gasteiger partial charge in [-0.25, -0.2) is 0 Å². The molecule has 0 bridgehead atoms. The van der Waals surface area contributed by atoms with Crippen LogP contribution in [0.1, 0.15) is 99.7 Å². The number of carbonyl (C=O) groups excluding carboxylic acids is 2. The summed E-state index contributed by atoms with van der Waals surface area (Å²) in [6.07, 6.45) is -5.60. The van der Waals surface area contributed by atoms with Crippen LogP contribution < -0.4 is 0 Å². The Morgan fingerprint density at radius 1 is 0.820 bits per heavy atom. The first kappa shape index (κ1) is 35.4. The van der Waals surface area contributed by atoms with Crippen molar-refractivity contribution in [2.24, 2.45) is 0 Å². The number of Topliss-reactive ketones (excluding diaryl/α,β-unsaturated/α-hetero) is 1. The number of hydrogen-bond donors (Lipinski definition) is 6. The van der Waals surface area contributed by atoms with Gasteiger partial charge in [0.25, 0.3) is 0 Å². The molecular weight excluding hydrogens is 652 g/mol. The zero-order valence-corrected chi connectivity index (χ0v) is 28.5. The van der Waals surface area contributed by atoms with E-state index in [-0.39, 0.29) is 59.3 Å². The van der Waals surface area contributed by atoms with Crippen LogP contribution in [0.2, 0.25) is 0 Å². The average Bonchev–Trinajstić information content (AvgIpc) is 3.02. The standard InChI is InChI=1S/C37H46O13/c1-15-9-23(39)32-21-10-19-5-6-20(34(43)30(19)35(44)31(21)25(41)14-37(32,45)13-15)26-11-24(40)36(18(4)46-26)50-29-12-27(33(42)17(3)48-29)49-28-8-7-22(38)16(2)47-28/h5-6,9-10,16-18,22,24,26-29,32-33,36,38,40,42-45H,7-8,11-14H2,1-4H3/t16-,17+,18+,22-,24+,26+,27+,28-,29-,32?,33+,36+,37+/m0/s1. The van der Waals surface area contributed by atoms with E-state index in [2.05, 4.69) is 0 Å². The molecule has 0 aromatic heterocycles. The van der Waals surface area contributed by atoms with Crippen molar-refractivity contribution in [3.05, 3.63) is 46.5 Å². The quantitative estimate of drug-likeness (QED) is 0.267. The van der Waals surface area contributed by atoms with E-state index in [1.807, 2.05) is 0 Å². The van der Waals surface area contributed by atoms with Crippen LogP contribution >= 0.6 is 0 Å². The molecule has 2 aromatic carbocycles. The van der Waals surface area contributed by atoms with E-state index in [1.165, 1.54) is 6.08 Å². The van der Waals surface area contributed by atoms with Crippen LogP contribution in [-0.4, -0.2) is 109 Å². The minimum atomic E-state index is -1.59. The first-order valence-corrected chi connectivity index (χ1v) is 17.4. The highest BCUT2D eigenvalue weighted by Crippen LogP contribution is 2.52. The van der Waals surface area contributed by atoms with Crippen molar-refractivity contribution in [1.82, 2.24) is 0 Å². The second-order valence-corrected chi connectivity index (χ2v) is 14.8. The molecule has 2 aliphatic carbocycles. The molecule has 7 rings (SSSR count). The van der Waals surface area contributed by atoms with Gasteiger partial charge in [0.1, 0.15) is 23.7 Å². The van der Waals surface area contributed by atoms with Gasteiger partial charge in [0.2, 0.25) is 0 Å². The molecule has 13 nitrogen and oxygen atoms in total. The number of carbonyl (C=O) groups is 2. The van der Waals surface area contributed by atoms with E-state index in [4.69, 9.17) is 23.7 Å². The number of phenolic OH excluding ortho intramolecular Hbond substituents is 2. The number of aliphatic hydroxyl groups excluding tert-OH is 3. The number of rotatable bonds is 5. The molecule has 0 saturated carbocycles. The fourth-order valence-electron chi connectivity index (χ4n) is 8.58. The first-order valence-electron chi connectivity index (χ1n) is 17.4. The number of allylic oxidation sites excluding steroid dienone is 1. The Morgan fingerprint density at radius 2 is 1.56 bits per heavy atom. The van der Waals surface area contributed by atoms with Crippen molar-refractivity contribution >= 4 is 22.3 Å². The van der Waals surface area contributed by atoms with E-state index in [0.29, 0.717) is 23.8 Å². The van der Waals surface area contributed by atoms with Crippen LogP contribution in [-0.2, 0) is 28.5 Å². The number of hydrogen-bond acceptors (Lipinski definition) is 13. The lowest BCUT2D eigenvalue weighted by Crippen LogP contribution is -2.54. The monoisotopic (exact) mass is 698 g/mol. The highest BCUT2D eigenvalue weighted by Gasteiger charge is 2.52. The van der Waals surface area contributed by atoms with Crippen molar-refractivity contribution in [3.8, 4) is 11.5 Å². The summed E-state index contributed by atoms with van der Waals surface area (Å²) in [4.78, 5) is 26.4. The number of ether oxygens (including phenoxy) is 5. The zero-order valence-electron chi connectivity index (χ0n) is 28.5. The van der Waals surface area contributed by atoms with Crippen molar-refractivity contribution in [2.75, 3.05) is 0 Å². The van der Waals surface area contributed by atoms with Gasteiger partial charge in [-0.3, -0.25) is 9.59 Å². The maximum absolute atomic E-state index is 13.3. The molecule has 0 amide bonds. The fourth-order valence-corrected chi connectivity index (χ4v) is 8.58. The molecule has 3 heterocycles. The minimum Gasteiger partial charge on any atom is -0.507 e. The van der Waals surface area contributed by atoms with Crippen molar-refractivity contribution < 1.29 is 63.9 Å². The summed E-state index contributed by atoms with van der Waals surface area (Å²) in [5, 5.41) is 66.8. The summed E-state index contributed by atoms with van der Waals surface area (Å²) in [5.74, 6) is -2.69. The largest absolute Gasteiger partial charge is 0.507 e. The smallest absolute Gasteiger partial charge is 0.169 e. The fraction of sp³-hybridized carbons (Fsp3) is 0.622. The molecule has 13 heteroatoms. The molecule has 0 radical (unpaired) electrons. The van der Waals surface area contributed by atoms with Gasteiger partial charge in [-0.15, -0.1) is 0 Å². The first-order chi connectivity index (χ1) is 23.6. The molecule has 50 heavy (non-hydrogen) atoms. The van der Waals surface area contributed by atoms with Gasteiger partial charge in [-0.1, -0.05) is 17.7 Å². The number of aromatic hydroxyl groups is 2. The predicted molar refractivity (Wildman–Crippen MR) is 175 cm³/mol. The molecule has 1 unspecified atom stereocenters. The third-order valence-electron chi connectivity index (χ3n) is 11.1. The Balaban J connectivity index is 1.08. The Kier molecular flexibility index (Phi) is 9.36. The van der Waals surface area contributed by atoms with E-state index in [0.717, 1.165) is 0 Å². The van der Waals surface area contributed by atoms with Crippen LogP contribution in [0.25, 0.3) is 10.8 Å². The number of benzene rings is 2. The van der Waals surface area contributed by atoms with E-state index >= 15 is 0 Å². The van der Waals surface area contributed by atoms with Crippen molar-refractivity contribution in [3.63, 3.8) is 0 Å². The molecule has 3 saturated heterocycles. The van der Waals surface area contributed by atoms with E-state index in [9.17, 15) is 40.2 Å². The zero-order chi connectivity index (χ0) is 35.8. The Labute approximate surface area is 289 Å². The highest BCUT2D eigenvalue weighted by molar-refractivity contribution is 6.13. The molecule has 272 valence electrons. The van der Waals surface area contributed by atoms with Crippen molar-refractivity contribution in [2.45, 2.75) is 145 Å². The predicted octanol–water partition coefficient (Wildman–Crippen LogP) is 2.93. The molecule has 3 aliphatic heterocycles. The Bertz CT molecular complexity index is 1690. The third-order valence-corrected chi connectivity index (χ3v) is 11.1. The number of ketones is 2. The van der Waals surface area contributed by atoms with Gasteiger partial charge >= 0.3 is 0 Å². The summed E-state index contributed by atoms with van der Waals surface area (Å²) >= 11 is 0.